The van der Waals surface area contributed by atoms with Crippen LogP contribution >= 0.6 is 0 Å². The maximum absolute atomic E-state index is 12.2. The molecule has 4 rings (SSSR count). The van der Waals surface area contributed by atoms with Gasteiger partial charge < -0.3 is 14.4 Å². The Morgan fingerprint density at radius 3 is 2.93 bits per heavy atom. The normalized spacial score (nSPS) is 16.7. The number of aromatic nitrogens is 2. The highest BCUT2D eigenvalue weighted by atomic mass is 16.5. The van der Waals surface area contributed by atoms with Crippen molar-refractivity contribution in [2.45, 2.75) is 19.3 Å². The van der Waals surface area contributed by atoms with E-state index in [2.05, 4.69) is 10.1 Å². The molecule has 1 aromatic heterocycles. The number of hydrogen-bond donors (Lipinski definition) is 0. The van der Waals surface area contributed by atoms with Gasteiger partial charge in [0.1, 0.15) is 5.82 Å². The molecular formula is C20H24N4O3. The predicted octanol–water partition coefficient (Wildman–Crippen LogP) is 2.41. The first kappa shape index (κ1) is 17.7. The zero-order valence-electron chi connectivity index (χ0n) is 15.7. The van der Waals surface area contributed by atoms with Gasteiger partial charge in [-0.2, -0.15) is 0 Å². The second-order valence-electron chi connectivity index (χ2n) is 7.19. The molecule has 2 aliphatic rings. The Labute approximate surface area is 158 Å². The fourth-order valence-corrected chi connectivity index (χ4v) is 3.37. The molecule has 7 heteroatoms. The largest absolute Gasteiger partial charge is 0.479 e. The number of carbonyl (C=O) groups is 1. The number of benzene rings is 1. The minimum Gasteiger partial charge on any atom is -0.479 e. The number of amides is 1. The lowest BCUT2D eigenvalue weighted by Gasteiger charge is -2.21. The third-order valence-electron chi connectivity index (χ3n) is 4.97. The minimum absolute atomic E-state index is 0.0259. The lowest BCUT2D eigenvalue weighted by molar-refractivity contribution is 0.0475. The predicted molar refractivity (Wildman–Crippen MR) is 102 cm³/mol. The first-order chi connectivity index (χ1) is 13.1. The number of fused-ring (bicyclic) bond motifs is 1. The lowest BCUT2D eigenvalue weighted by Crippen LogP contribution is -2.22. The maximum Gasteiger partial charge on any atom is 0.253 e. The highest BCUT2D eigenvalue weighted by Gasteiger charge is 2.23. The van der Waals surface area contributed by atoms with Gasteiger partial charge in [0, 0.05) is 38.4 Å². The molecule has 0 saturated carbocycles. The molecule has 142 valence electrons. The van der Waals surface area contributed by atoms with Gasteiger partial charge >= 0.3 is 0 Å². The standard InChI is InChI=1S/C20H24N4O3/c1-23(2)20(25)16-5-3-4-15(10-16)17-12-21-18-11-19(22-24(17)18)27-13-14-6-8-26-9-7-14/h3-5,10,12,14H,6-9,11,13H2,1-2H3. The van der Waals surface area contributed by atoms with Crippen molar-refractivity contribution in [3.63, 3.8) is 0 Å². The van der Waals surface area contributed by atoms with E-state index in [1.54, 1.807) is 25.2 Å². The van der Waals surface area contributed by atoms with Crippen LogP contribution in [0.4, 0.5) is 0 Å². The molecule has 1 amide bonds. The van der Waals surface area contributed by atoms with Gasteiger partial charge in [0.2, 0.25) is 5.90 Å². The summed E-state index contributed by atoms with van der Waals surface area (Å²) in [5, 5.41) is 4.60. The molecule has 0 unspecified atom stereocenters. The summed E-state index contributed by atoms with van der Waals surface area (Å²) in [4.78, 5) is 18.3. The first-order valence-electron chi connectivity index (χ1n) is 9.29. The van der Waals surface area contributed by atoms with E-state index < -0.39 is 0 Å². The van der Waals surface area contributed by atoms with Crippen LogP contribution in [-0.2, 0) is 15.9 Å². The third kappa shape index (κ3) is 3.73. The quantitative estimate of drug-likeness (QED) is 0.831. The summed E-state index contributed by atoms with van der Waals surface area (Å²) in [6.07, 6.45) is 4.47. The lowest BCUT2D eigenvalue weighted by atomic mass is 10.0. The number of rotatable bonds is 4. The van der Waals surface area contributed by atoms with Crippen molar-refractivity contribution in [3.8, 4) is 11.3 Å². The molecule has 7 nitrogen and oxygen atoms in total. The van der Waals surface area contributed by atoms with E-state index in [1.165, 1.54) is 0 Å². The number of nitrogens with zero attached hydrogens (tertiary/aromatic N) is 4. The van der Waals surface area contributed by atoms with Gasteiger partial charge in [-0.25, -0.2) is 9.66 Å². The molecule has 1 aromatic carbocycles. The number of ether oxygens (including phenoxy) is 2. The van der Waals surface area contributed by atoms with Gasteiger partial charge in [-0.05, 0) is 30.9 Å². The van der Waals surface area contributed by atoms with E-state index in [0.29, 0.717) is 30.4 Å². The molecule has 0 spiro atoms. The highest BCUT2D eigenvalue weighted by molar-refractivity contribution is 5.95. The van der Waals surface area contributed by atoms with Crippen LogP contribution in [0.2, 0.25) is 0 Å². The molecule has 0 atom stereocenters. The van der Waals surface area contributed by atoms with Crippen molar-refractivity contribution in [1.29, 1.82) is 0 Å². The van der Waals surface area contributed by atoms with Crippen LogP contribution in [0.5, 0.6) is 0 Å². The third-order valence-corrected chi connectivity index (χ3v) is 4.97. The number of hydrogen-bond acceptors (Lipinski definition) is 5. The van der Waals surface area contributed by atoms with E-state index >= 15 is 0 Å². The molecular weight excluding hydrogens is 344 g/mol. The molecule has 2 aliphatic heterocycles. The fourth-order valence-electron chi connectivity index (χ4n) is 3.37. The summed E-state index contributed by atoms with van der Waals surface area (Å²) < 4.78 is 13.1. The van der Waals surface area contributed by atoms with Gasteiger partial charge in [0.25, 0.3) is 5.91 Å². The number of imidazole rings is 1. The van der Waals surface area contributed by atoms with Crippen molar-refractivity contribution >= 4 is 11.8 Å². The summed E-state index contributed by atoms with van der Waals surface area (Å²) in [5.74, 6) is 2.06. The Hall–Kier alpha value is -2.67. The topological polar surface area (TPSA) is 69.0 Å². The average Bonchev–Trinajstić information content (AvgIpc) is 3.27. The minimum atomic E-state index is -0.0259. The Kier molecular flexibility index (Phi) is 4.94. The molecule has 3 heterocycles. The summed E-state index contributed by atoms with van der Waals surface area (Å²) in [6.45, 7) is 2.30. The Morgan fingerprint density at radius 2 is 2.15 bits per heavy atom. The smallest absolute Gasteiger partial charge is 0.253 e. The fraction of sp³-hybridized carbons (Fsp3) is 0.450. The van der Waals surface area contributed by atoms with Crippen LogP contribution in [-0.4, -0.2) is 60.3 Å². The Balaban J connectivity index is 1.51. The van der Waals surface area contributed by atoms with Gasteiger partial charge in [-0.1, -0.05) is 12.1 Å². The molecule has 2 aromatic rings. The SMILES string of the molecule is CN(C)C(=O)c1cccc(-c2cnc3n2N=C(OCC2CCOCC2)C3)c1. The molecule has 0 bridgehead atoms. The van der Waals surface area contributed by atoms with Gasteiger partial charge in [0.05, 0.1) is 24.9 Å². The van der Waals surface area contributed by atoms with E-state index in [4.69, 9.17) is 9.47 Å². The van der Waals surface area contributed by atoms with E-state index in [1.807, 2.05) is 28.9 Å². The molecule has 0 aliphatic carbocycles. The summed E-state index contributed by atoms with van der Waals surface area (Å²) >= 11 is 0. The average molecular weight is 368 g/mol. The summed E-state index contributed by atoms with van der Waals surface area (Å²) in [6, 6.07) is 7.54. The summed E-state index contributed by atoms with van der Waals surface area (Å²) in [5.41, 5.74) is 2.42. The van der Waals surface area contributed by atoms with E-state index in [-0.39, 0.29) is 5.91 Å². The molecule has 0 N–H and O–H groups in total. The van der Waals surface area contributed by atoms with Crippen molar-refractivity contribution in [3.05, 3.63) is 41.9 Å². The molecule has 1 saturated heterocycles. The van der Waals surface area contributed by atoms with Crippen LogP contribution in [0.1, 0.15) is 29.0 Å². The van der Waals surface area contributed by atoms with Crippen LogP contribution in [0.25, 0.3) is 11.3 Å². The molecule has 0 radical (unpaired) electrons. The Bertz CT molecular complexity index is 866. The van der Waals surface area contributed by atoms with Crippen molar-refractivity contribution < 1.29 is 14.3 Å². The van der Waals surface area contributed by atoms with Crippen molar-refractivity contribution in [2.75, 3.05) is 33.9 Å². The highest BCUT2D eigenvalue weighted by Crippen LogP contribution is 2.26. The zero-order valence-corrected chi connectivity index (χ0v) is 15.7. The molecule has 1 fully saturated rings. The van der Waals surface area contributed by atoms with Crippen molar-refractivity contribution in [1.82, 2.24) is 14.6 Å². The van der Waals surface area contributed by atoms with Crippen molar-refractivity contribution in [2.24, 2.45) is 11.0 Å². The number of carbonyl (C=O) groups excluding carboxylic acids is 1. The monoisotopic (exact) mass is 368 g/mol. The Morgan fingerprint density at radius 1 is 1.33 bits per heavy atom. The zero-order chi connectivity index (χ0) is 18.8. The second-order valence-corrected chi connectivity index (χ2v) is 7.19. The van der Waals surface area contributed by atoms with Gasteiger partial charge in [-0.15, -0.1) is 5.10 Å². The van der Waals surface area contributed by atoms with Crippen LogP contribution in [0.15, 0.2) is 35.6 Å². The summed E-state index contributed by atoms with van der Waals surface area (Å²) in [7, 11) is 3.50. The first-order valence-corrected chi connectivity index (χ1v) is 9.29. The van der Waals surface area contributed by atoms with Gasteiger partial charge in [0.15, 0.2) is 0 Å². The van der Waals surface area contributed by atoms with Crippen LogP contribution in [0.3, 0.4) is 0 Å². The molecule has 27 heavy (non-hydrogen) atoms. The van der Waals surface area contributed by atoms with E-state index in [0.717, 1.165) is 43.1 Å². The van der Waals surface area contributed by atoms with E-state index in [9.17, 15) is 4.79 Å². The van der Waals surface area contributed by atoms with Crippen LogP contribution < -0.4 is 0 Å². The van der Waals surface area contributed by atoms with Crippen LogP contribution in [0, 0.1) is 5.92 Å². The maximum atomic E-state index is 12.2. The second kappa shape index (κ2) is 7.52. The van der Waals surface area contributed by atoms with Gasteiger partial charge in [-0.3, -0.25) is 4.79 Å².